The lowest BCUT2D eigenvalue weighted by atomic mass is 10.2. The molecule has 4 aromatic rings. The second-order valence-corrected chi connectivity index (χ2v) is 5.20. The molecule has 2 aromatic heterocycles. The van der Waals surface area contributed by atoms with Crippen LogP contribution in [0, 0.1) is 0 Å². The highest BCUT2D eigenvalue weighted by Crippen LogP contribution is 2.15. The van der Waals surface area contributed by atoms with Gasteiger partial charge in [-0.25, -0.2) is 4.98 Å². The summed E-state index contributed by atoms with van der Waals surface area (Å²) < 4.78 is 1.97. The standard InChI is InChI=1S/C18H15N5/c1-2-7-15(8-3-1)23-13-20-22-18(23)12-19-17-11-10-14-6-4-5-9-16(14)21-17/h1-11,13H,12H2,(H,19,21). The number of nitrogens with one attached hydrogen (secondary N) is 1. The number of rotatable bonds is 4. The van der Waals surface area contributed by atoms with E-state index >= 15 is 0 Å². The zero-order valence-electron chi connectivity index (χ0n) is 12.4. The third-order valence-electron chi connectivity index (χ3n) is 3.68. The summed E-state index contributed by atoms with van der Waals surface area (Å²) in [5.74, 6) is 1.66. The Hall–Kier alpha value is -3.21. The molecule has 23 heavy (non-hydrogen) atoms. The second-order valence-electron chi connectivity index (χ2n) is 5.20. The third-order valence-corrected chi connectivity index (χ3v) is 3.68. The molecule has 2 aromatic carbocycles. The second kappa shape index (κ2) is 5.88. The number of benzene rings is 2. The summed E-state index contributed by atoms with van der Waals surface area (Å²) in [7, 11) is 0. The summed E-state index contributed by atoms with van der Waals surface area (Å²) in [6.07, 6.45) is 1.72. The molecule has 0 saturated carbocycles. The highest BCUT2D eigenvalue weighted by molar-refractivity contribution is 5.80. The van der Waals surface area contributed by atoms with Gasteiger partial charge in [-0.3, -0.25) is 4.57 Å². The van der Waals surface area contributed by atoms with Crippen molar-refractivity contribution in [1.29, 1.82) is 0 Å². The average molecular weight is 301 g/mol. The predicted octanol–water partition coefficient (Wildman–Crippen LogP) is 3.43. The van der Waals surface area contributed by atoms with E-state index in [1.54, 1.807) is 6.33 Å². The minimum absolute atomic E-state index is 0.556. The van der Waals surface area contributed by atoms with Crippen molar-refractivity contribution in [3.63, 3.8) is 0 Å². The molecule has 0 radical (unpaired) electrons. The number of aromatic nitrogens is 4. The van der Waals surface area contributed by atoms with Gasteiger partial charge in [0.1, 0.15) is 12.1 Å². The van der Waals surface area contributed by atoms with Gasteiger partial charge in [0.05, 0.1) is 12.1 Å². The largest absolute Gasteiger partial charge is 0.363 e. The van der Waals surface area contributed by atoms with E-state index in [1.165, 1.54) is 0 Å². The van der Waals surface area contributed by atoms with Gasteiger partial charge in [0.15, 0.2) is 5.82 Å². The first kappa shape index (κ1) is 13.5. The molecule has 0 saturated heterocycles. The highest BCUT2D eigenvalue weighted by Gasteiger charge is 2.06. The van der Waals surface area contributed by atoms with Crippen molar-refractivity contribution in [2.45, 2.75) is 6.54 Å². The molecular weight excluding hydrogens is 286 g/mol. The summed E-state index contributed by atoms with van der Waals surface area (Å²) >= 11 is 0. The Balaban J connectivity index is 1.56. The SMILES string of the molecule is c1ccc(-n2cnnc2CNc2ccc3ccccc3n2)cc1. The van der Waals surface area contributed by atoms with Gasteiger partial charge in [-0.2, -0.15) is 0 Å². The van der Waals surface area contributed by atoms with Crippen LogP contribution < -0.4 is 5.32 Å². The van der Waals surface area contributed by atoms with Crippen LogP contribution in [0.4, 0.5) is 5.82 Å². The van der Waals surface area contributed by atoms with Gasteiger partial charge in [-0.05, 0) is 30.3 Å². The van der Waals surface area contributed by atoms with Gasteiger partial charge in [0.2, 0.25) is 0 Å². The number of anilines is 1. The van der Waals surface area contributed by atoms with Gasteiger partial charge in [0.25, 0.3) is 0 Å². The third kappa shape index (κ3) is 2.76. The van der Waals surface area contributed by atoms with E-state index in [9.17, 15) is 0 Å². The van der Waals surface area contributed by atoms with E-state index in [1.807, 2.05) is 59.2 Å². The van der Waals surface area contributed by atoms with Crippen LogP contribution in [0.1, 0.15) is 5.82 Å². The summed E-state index contributed by atoms with van der Waals surface area (Å²) in [6.45, 7) is 0.556. The van der Waals surface area contributed by atoms with E-state index in [4.69, 9.17) is 0 Å². The van der Waals surface area contributed by atoms with Crippen LogP contribution >= 0.6 is 0 Å². The van der Waals surface area contributed by atoms with Crippen molar-refractivity contribution < 1.29 is 0 Å². The van der Waals surface area contributed by atoms with Gasteiger partial charge in [-0.1, -0.05) is 36.4 Å². The summed E-state index contributed by atoms with van der Waals surface area (Å²) in [4.78, 5) is 4.61. The Morgan fingerprint density at radius 1 is 0.870 bits per heavy atom. The molecule has 112 valence electrons. The lowest BCUT2D eigenvalue weighted by Gasteiger charge is -2.08. The maximum absolute atomic E-state index is 4.61. The molecule has 0 fully saturated rings. The van der Waals surface area contributed by atoms with Crippen LogP contribution in [-0.2, 0) is 6.54 Å². The Labute approximate surface area is 133 Å². The molecule has 0 spiro atoms. The van der Waals surface area contributed by atoms with Crippen LogP contribution in [0.2, 0.25) is 0 Å². The fraction of sp³-hybridized carbons (Fsp3) is 0.0556. The van der Waals surface area contributed by atoms with Crippen LogP contribution in [0.15, 0.2) is 73.1 Å². The first-order chi connectivity index (χ1) is 11.4. The fourth-order valence-electron chi connectivity index (χ4n) is 2.52. The maximum atomic E-state index is 4.61. The summed E-state index contributed by atoms with van der Waals surface area (Å²) in [5.41, 5.74) is 2.02. The van der Waals surface area contributed by atoms with E-state index < -0.39 is 0 Å². The monoisotopic (exact) mass is 301 g/mol. The Morgan fingerprint density at radius 2 is 1.70 bits per heavy atom. The van der Waals surface area contributed by atoms with Gasteiger partial charge in [0, 0.05) is 11.1 Å². The number of fused-ring (bicyclic) bond motifs is 1. The number of hydrogen-bond donors (Lipinski definition) is 1. The minimum atomic E-state index is 0.556. The van der Waals surface area contributed by atoms with Gasteiger partial charge in [-0.15, -0.1) is 10.2 Å². The molecule has 0 aliphatic heterocycles. The van der Waals surface area contributed by atoms with E-state index in [2.05, 4.69) is 32.6 Å². The molecular formula is C18H15N5. The van der Waals surface area contributed by atoms with Crippen LogP contribution in [0.25, 0.3) is 16.6 Å². The molecule has 0 unspecified atom stereocenters. The zero-order valence-corrected chi connectivity index (χ0v) is 12.4. The first-order valence-corrected chi connectivity index (χ1v) is 7.44. The van der Waals surface area contributed by atoms with Crippen molar-refractivity contribution in [1.82, 2.24) is 19.7 Å². The minimum Gasteiger partial charge on any atom is -0.363 e. The Morgan fingerprint density at radius 3 is 2.61 bits per heavy atom. The van der Waals surface area contributed by atoms with Crippen LogP contribution in [-0.4, -0.2) is 19.7 Å². The molecule has 0 amide bonds. The number of para-hydroxylation sites is 2. The molecule has 0 aliphatic rings. The Bertz CT molecular complexity index is 930. The highest BCUT2D eigenvalue weighted by atomic mass is 15.3. The van der Waals surface area contributed by atoms with Crippen molar-refractivity contribution in [2.75, 3.05) is 5.32 Å². The maximum Gasteiger partial charge on any atom is 0.156 e. The van der Waals surface area contributed by atoms with Crippen LogP contribution in [0.5, 0.6) is 0 Å². The molecule has 5 heteroatoms. The molecule has 4 rings (SSSR count). The molecule has 5 nitrogen and oxygen atoms in total. The van der Waals surface area contributed by atoms with Crippen molar-refractivity contribution in [3.05, 3.63) is 78.9 Å². The van der Waals surface area contributed by atoms with E-state index in [0.717, 1.165) is 28.2 Å². The van der Waals surface area contributed by atoms with E-state index in [0.29, 0.717) is 6.54 Å². The summed E-state index contributed by atoms with van der Waals surface area (Å²) in [6, 6.07) is 22.1. The summed E-state index contributed by atoms with van der Waals surface area (Å²) in [5, 5.41) is 12.7. The fourth-order valence-corrected chi connectivity index (χ4v) is 2.52. The van der Waals surface area contributed by atoms with Gasteiger partial charge < -0.3 is 5.32 Å². The molecule has 1 N–H and O–H groups in total. The van der Waals surface area contributed by atoms with Crippen molar-refractivity contribution in [3.8, 4) is 5.69 Å². The topological polar surface area (TPSA) is 55.6 Å². The van der Waals surface area contributed by atoms with E-state index in [-0.39, 0.29) is 0 Å². The molecule has 0 aliphatic carbocycles. The lowest BCUT2D eigenvalue weighted by molar-refractivity contribution is 0.887. The normalized spacial score (nSPS) is 10.8. The quantitative estimate of drug-likeness (QED) is 0.627. The average Bonchev–Trinajstić information content (AvgIpc) is 3.09. The van der Waals surface area contributed by atoms with Crippen LogP contribution in [0.3, 0.4) is 0 Å². The number of hydrogen-bond acceptors (Lipinski definition) is 4. The first-order valence-electron chi connectivity index (χ1n) is 7.44. The zero-order chi connectivity index (χ0) is 15.5. The molecule has 2 heterocycles. The number of pyridine rings is 1. The van der Waals surface area contributed by atoms with Gasteiger partial charge >= 0.3 is 0 Å². The van der Waals surface area contributed by atoms with Crippen molar-refractivity contribution >= 4 is 16.7 Å². The smallest absolute Gasteiger partial charge is 0.156 e. The lowest BCUT2D eigenvalue weighted by Crippen LogP contribution is -2.08. The number of nitrogens with zero attached hydrogens (tertiary/aromatic N) is 4. The predicted molar refractivity (Wildman–Crippen MR) is 90.4 cm³/mol. The van der Waals surface area contributed by atoms with Crippen molar-refractivity contribution in [2.24, 2.45) is 0 Å². The molecule has 0 bridgehead atoms. The Kier molecular flexibility index (Phi) is 3.44. The molecule has 0 atom stereocenters.